The summed E-state index contributed by atoms with van der Waals surface area (Å²) in [6.07, 6.45) is 6.88. The average molecular weight is 491 g/mol. The molecular formula is C20H38IN5O. The van der Waals surface area contributed by atoms with Gasteiger partial charge < -0.3 is 20.1 Å². The molecule has 2 rings (SSSR count). The molecular weight excluding hydrogens is 453 g/mol. The fourth-order valence-electron chi connectivity index (χ4n) is 3.48. The fraction of sp³-hybridized carbons (Fsp3) is 0.800. The number of aliphatic imine (C=N–C) groups is 1. The number of piperidine rings is 1. The first-order valence-electron chi connectivity index (χ1n) is 10.3. The quantitative estimate of drug-likeness (QED) is 0.239. The van der Waals surface area contributed by atoms with Gasteiger partial charge in [-0.05, 0) is 57.7 Å². The summed E-state index contributed by atoms with van der Waals surface area (Å²) >= 11 is 0. The maximum atomic E-state index is 5.42. The van der Waals surface area contributed by atoms with Crippen LogP contribution in [-0.4, -0.2) is 49.2 Å². The van der Waals surface area contributed by atoms with E-state index in [-0.39, 0.29) is 24.0 Å². The lowest BCUT2D eigenvalue weighted by Gasteiger charge is -2.30. The number of rotatable bonds is 9. The molecule has 156 valence electrons. The van der Waals surface area contributed by atoms with Gasteiger partial charge in [0.25, 0.3) is 0 Å². The van der Waals surface area contributed by atoms with Crippen molar-refractivity contribution < 1.29 is 4.52 Å². The van der Waals surface area contributed by atoms with Gasteiger partial charge in [0.05, 0.1) is 5.69 Å². The van der Waals surface area contributed by atoms with Crippen molar-refractivity contribution in [2.45, 2.75) is 65.8 Å². The van der Waals surface area contributed by atoms with E-state index < -0.39 is 0 Å². The first-order chi connectivity index (χ1) is 12.7. The summed E-state index contributed by atoms with van der Waals surface area (Å²) in [5.41, 5.74) is 2.22. The normalized spacial score (nSPS) is 16.2. The lowest BCUT2D eigenvalue weighted by molar-refractivity contribution is 0.189. The van der Waals surface area contributed by atoms with Gasteiger partial charge in [-0.25, -0.2) is 0 Å². The van der Waals surface area contributed by atoms with Gasteiger partial charge >= 0.3 is 0 Å². The lowest BCUT2D eigenvalue weighted by Crippen LogP contribution is -2.38. The van der Waals surface area contributed by atoms with Crippen molar-refractivity contribution >= 4 is 29.9 Å². The number of likely N-dealkylation sites (tertiary alicyclic amines) is 1. The van der Waals surface area contributed by atoms with Crippen LogP contribution in [0.15, 0.2) is 9.52 Å². The van der Waals surface area contributed by atoms with Crippen LogP contribution in [0, 0.1) is 5.92 Å². The van der Waals surface area contributed by atoms with Gasteiger partial charge in [-0.3, -0.25) is 4.99 Å². The Morgan fingerprint density at radius 1 is 1.19 bits per heavy atom. The van der Waals surface area contributed by atoms with Crippen LogP contribution in [0.5, 0.6) is 0 Å². The van der Waals surface area contributed by atoms with Crippen molar-refractivity contribution in [1.29, 1.82) is 0 Å². The van der Waals surface area contributed by atoms with Crippen LogP contribution < -0.4 is 10.6 Å². The zero-order valence-corrected chi connectivity index (χ0v) is 19.8. The van der Waals surface area contributed by atoms with E-state index in [9.17, 15) is 0 Å². The monoisotopic (exact) mass is 491 g/mol. The van der Waals surface area contributed by atoms with E-state index in [0.29, 0.717) is 6.54 Å². The summed E-state index contributed by atoms with van der Waals surface area (Å²) in [6.45, 7) is 12.0. The maximum Gasteiger partial charge on any atom is 0.191 e. The highest BCUT2D eigenvalue weighted by molar-refractivity contribution is 14.0. The number of unbranched alkanes of at least 4 members (excludes halogenated alkanes) is 1. The molecule has 1 saturated heterocycles. The summed E-state index contributed by atoms with van der Waals surface area (Å²) in [7, 11) is 1.82. The van der Waals surface area contributed by atoms with Crippen LogP contribution in [0.4, 0.5) is 0 Å². The second-order valence-corrected chi connectivity index (χ2v) is 7.32. The van der Waals surface area contributed by atoms with Gasteiger partial charge in [-0.15, -0.1) is 24.0 Å². The van der Waals surface area contributed by atoms with Crippen LogP contribution in [0.2, 0.25) is 0 Å². The SMILES string of the molecule is CCc1noc(CC)c1CNC(=NC)NCCCCN1CCC(C)CC1.I. The smallest absolute Gasteiger partial charge is 0.191 e. The van der Waals surface area contributed by atoms with Gasteiger partial charge in [0, 0.05) is 32.1 Å². The third-order valence-electron chi connectivity index (χ3n) is 5.33. The Labute approximate surface area is 181 Å². The van der Waals surface area contributed by atoms with Crippen LogP contribution in [0.25, 0.3) is 0 Å². The molecule has 2 heterocycles. The number of hydrogen-bond acceptors (Lipinski definition) is 4. The maximum absolute atomic E-state index is 5.42. The number of aryl methyl sites for hydroxylation is 2. The molecule has 6 nitrogen and oxygen atoms in total. The summed E-state index contributed by atoms with van der Waals surface area (Å²) < 4.78 is 5.42. The molecule has 1 aliphatic heterocycles. The highest BCUT2D eigenvalue weighted by Gasteiger charge is 2.15. The topological polar surface area (TPSA) is 65.7 Å². The summed E-state index contributed by atoms with van der Waals surface area (Å²) in [5, 5.41) is 11.0. The van der Waals surface area contributed by atoms with E-state index in [1.807, 2.05) is 7.05 Å². The van der Waals surface area contributed by atoms with Gasteiger partial charge in [0.15, 0.2) is 5.96 Å². The standard InChI is InChI=1S/C20H37N5O.HI/c1-5-18-17(19(6-2)26-24-18)15-23-20(21-4)22-11-7-8-12-25-13-9-16(3)10-14-25;/h16H,5-15H2,1-4H3,(H2,21,22,23);1H. The third-order valence-corrected chi connectivity index (χ3v) is 5.33. The molecule has 0 atom stereocenters. The number of aromatic nitrogens is 1. The molecule has 7 heteroatoms. The van der Waals surface area contributed by atoms with Crippen molar-refractivity contribution in [3.05, 3.63) is 17.0 Å². The molecule has 0 radical (unpaired) electrons. The Morgan fingerprint density at radius 2 is 1.93 bits per heavy atom. The molecule has 0 aliphatic carbocycles. The Morgan fingerprint density at radius 3 is 2.56 bits per heavy atom. The second kappa shape index (κ2) is 13.4. The number of hydrogen-bond donors (Lipinski definition) is 2. The number of nitrogens with one attached hydrogen (secondary N) is 2. The zero-order valence-electron chi connectivity index (χ0n) is 17.5. The second-order valence-electron chi connectivity index (χ2n) is 7.32. The molecule has 1 aromatic heterocycles. The van der Waals surface area contributed by atoms with Crippen molar-refractivity contribution in [1.82, 2.24) is 20.7 Å². The highest BCUT2D eigenvalue weighted by atomic mass is 127. The van der Waals surface area contributed by atoms with Crippen LogP contribution in [-0.2, 0) is 19.4 Å². The van der Waals surface area contributed by atoms with Gasteiger partial charge in [-0.1, -0.05) is 25.9 Å². The molecule has 0 unspecified atom stereocenters. The predicted octanol–water partition coefficient (Wildman–Crippen LogP) is 3.59. The number of guanidine groups is 1. The first kappa shape index (κ1) is 24.2. The van der Waals surface area contributed by atoms with Crippen molar-refractivity contribution in [2.24, 2.45) is 10.9 Å². The molecule has 0 aromatic carbocycles. The van der Waals surface area contributed by atoms with E-state index in [1.165, 1.54) is 50.9 Å². The number of nitrogens with zero attached hydrogens (tertiary/aromatic N) is 3. The van der Waals surface area contributed by atoms with E-state index in [1.54, 1.807) is 0 Å². The molecule has 2 N–H and O–H groups in total. The Kier molecular flexibility index (Phi) is 12.0. The third kappa shape index (κ3) is 7.97. The van der Waals surface area contributed by atoms with Crippen molar-refractivity contribution in [3.8, 4) is 0 Å². The molecule has 0 bridgehead atoms. The largest absolute Gasteiger partial charge is 0.361 e. The molecule has 27 heavy (non-hydrogen) atoms. The summed E-state index contributed by atoms with van der Waals surface area (Å²) in [5.74, 6) is 2.73. The minimum atomic E-state index is 0. The Bertz CT molecular complexity index is 531. The Hall–Kier alpha value is -0.830. The highest BCUT2D eigenvalue weighted by Crippen LogP contribution is 2.16. The molecule has 1 aliphatic rings. The summed E-state index contributed by atoms with van der Waals surface area (Å²) in [6, 6.07) is 0. The van der Waals surface area contributed by atoms with E-state index in [4.69, 9.17) is 4.52 Å². The summed E-state index contributed by atoms with van der Waals surface area (Å²) in [4.78, 5) is 6.94. The minimum absolute atomic E-state index is 0. The lowest BCUT2D eigenvalue weighted by atomic mass is 9.99. The molecule has 0 amide bonds. The first-order valence-corrected chi connectivity index (χ1v) is 10.3. The Balaban J connectivity index is 0.00000364. The molecule has 0 spiro atoms. The van der Waals surface area contributed by atoms with Gasteiger partial charge in [-0.2, -0.15) is 0 Å². The van der Waals surface area contributed by atoms with Crippen molar-refractivity contribution in [2.75, 3.05) is 33.2 Å². The van der Waals surface area contributed by atoms with Crippen LogP contribution in [0.3, 0.4) is 0 Å². The predicted molar refractivity (Wildman–Crippen MR) is 123 cm³/mol. The molecule has 1 aromatic rings. The molecule has 0 saturated carbocycles. The van der Waals surface area contributed by atoms with E-state index >= 15 is 0 Å². The minimum Gasteiger partial charge on any atom is -0.361 e. The van der Waals surface area contributed by atoms with Crippen molar-refractivity contribution in [3.63, 3.8) is 0 Å². The molecule has 1 fully saturated rings. The van der Waals surface area contributed by atoms with Crippen LogP contribution in [0.1, 0.15) is 63.5 Å². The zero-order chi connectivity index (χ0) is 18.8. The average Bonchev–Trinajstić information content (AvgIpc) is 3.07. The van der Waals surface area contributed by atoms with Gasteiger partial charge in [0.2, 0.25) is 0 Å². The van der Waals surface area contributed by atoms with Crippen LogP contribution >= 0.6 is 24.0 Å². The van der Waals surface area contributed by atoms with Gasteiger partial charge in [0.1, 0.15) is 5.76 Å². The van der Waals surface area contributed by atoms with E-state index in [0.717, 1.165) is 42.7 Å². The van der Waals surface area contributed by atoms with E-state index in [2.05, 4.69) is 46.5 Å². The number of halogens is 1. The fourth-order valence-corrected chi connectivity index (χ4v) is 3.48.